The summed E-state index contributed by atoms with van der Waals surface area (Å²) in [6.45, 7) is 2.12. The molecule has 1 aliphatic heterocycles. The number of furan rings is 1. The van der Waals surface area contributed by atoms with Crippen molar-refractivity contribution in [2.45, 2.75) is 12.8 Å². The molecule has 2 heterocycles. The van der Waals surface area contributed by atoms with Crippen LogP contribution in [-0.4, -0.2) is 19.3 Å². The van der Waals surface area contributed by atoms with Crippen molar-refractivity contribution in [2.75, 3.05) is 18.0 Å². The Labute approximate surface area is 134 Å². The third-order valence-electron chi connectivity index (χ3n) is 3.26. The van der Waals surface area contributed by atoms with Gasteiger partial charge in [0.05, 0.1) is 16.4 Å². The van der Waals surface area contributed by atoms with Gasteiger partial charge in [-0.15, -0.1) is 0 Å². The molecule has 0 N–H and O–H groups in total. The van der Waals surface area contributed by atoms with E-state index in [-0.39, 0.29) is 0 Å². The molecule has 104 valence electrons. The van der Waals surface area contributed by atoms with E-state index in [0.29, 0.717) is 0 Å². The smallest absolute Gasteiger partial charge is 0.210 e. The number of halogens is 2. The molecule has 0 amide bonds. The molecule has 0 atom stereocenters. The van der Waals surface area contributed by atoms with Gasteiger partial charge in [-0.05, 0) is 56.8 Å². The van der Waals surface area contributed by atoms with Gasteiger partial charge in [0.25, 0.3) is 0 Å². The monoisotopic (exact) mass is 396 g/mol. The van der Waals surface area contributed by atoms with Gasteiger partial charge in [-0.25, -0.2) is 0 Å². The summed E-state index contributed by atoms with van der Waals surface area (Å²) in [5.74, 6) is 1.67. The molecule has 20 heavy (non-hydrogen) atoms. The average molecular weight is 398 g/mol. The first-order valence-electron chi connectivity index (χ1n) is 6.57. The Hall–Kier alpha value is -1.07. The molecule has 3 nitrogen and oxygen atoms in total. The summed E-state index contributed by atoms with van der Waals surface area (Å²) in [4.78, 5) is 6.72. The van der Waals surface area contributed by atoms with Crippen LogP contribution in [-0.2, 0) is 0 Å². The van der Waals surface area contributed by atoms with Crippen molar-refractivity contribution in [2.24, 2.45) is 4.99 Å². The molecular formula is C15H14Br2N2O. The Bertz CT molecular complexity index is 631. The summed E-state index contributed by atoms with van der Waals surface area (Å²) >= 11 is 7.04. The topological polar surface area (TPSA) is 28.7 Å². The van der Waals surface area contributed by atoms with E-state index in [1.165, 1.54) is 12.8 Å². The number of aliphatic imine (C=N–C) groups is 1. The molecule has 0 radical (unpaired) electrons. The van der Waals surface area contributed by atoms with Gasteiger partial charge in [0.15, 0.2) is 0 Å². The molecule has 1 aromatic heterocycles. The number of hydrogen-bond acceptors (Lipinski definition) is 3. The minimum absolute atomic E-state index is 0.759. The summed E-state index contributed by atoms with van der Waals surface area (Å²) in [7, 11) is 0. The molecule has 5 heteroatoms. The first kappa shape index (κ1) is 13.9. The molecule has 1 saturated heterocycles. The van der Waals surface area contributed by atoms with Gasteiger partial charge in [-0.2, -0.15) is 0 Å². The second-order valence-electron chi connectivity index (χ2n) is 4.71. The molecule has 0 aliphatic carbocycles. The SMILES string of the molecule is Brc1ccccc1N=Cc1cc(Br)c(N2CCCC2)o1. The fourth-order valence-corrected chi connectivity index (χ4v) is 3.21. The maximum absolute atomic E-state index is 5.87. The van der Waals surface area contributed by atoms with Crippen molar-refractivity contribution in [1.29, 1.82) is 0 Å². The van der Waals surface area contributed by atoms with Gasteiger partial charge in [0.2, 0.25) is 5.88 Å². The van der Waals surface area contributed by atoms with Crippen LogP contribution in [0.25, 0.3) is 0 Å². The van der Waals surface area contributed by atoms with E-state index < -0.39 is 0 Å². The maximum atomic E-state index is 5.87. The summed E-state index contributed by atoms with van der Waals surface area (Å²) in [5.41, 5.74) is 0.891. The van der Waals surface area contributed by atoms with Gasteiger partial charge in [-0.1, -0.05) is 12.1 Å². The standard InChI is InChI=1S/C15H14Br2N2O/c16-12-5-1-2-6-14(12)18-10-11-9-13(17)15(20-11)19-7-3-4-8-19/h1-2,5-6,9-10H,3-4,7-8H2. The summed E-state index contributed by atoms with van der Waals surface area (Å²) < 4.78 is 7.84. The highest BCUT2D eigenvalue weighted by molar-refractivity contribution is 9.11. The second-order valence-corrected chi connectivity index (χ2v) is 6.41. The van der Waals surface area contributed by atoms with Crippen LogP contribution >= 0.6 is 31.9 Å². The molecule has 0 bridgehead atoms. The van der Waals surface area contributed by atoms with E-state index >= 15 is 0 Å². The van der Waals surface area contributed by atoms with Gasteiger partial charge in [0.1, 0.15) is 5.76 Å². The van der Waals surface area contributed by atoms with E-state index in [2.05, 4.69) is 41.8 Å². The fraction of sp³-hybridized carbons (Fsp3) is 0.267. The maximum Gasteiger partial charge on any atom is 0.210 e. The van der Waals surface area contributed by atoms with Crippen molar-refractivity contribution < 1.29 is 4.42 Å². The van der Waals surface area contributed by atoms with Gasteiger partial charge in [-0.3, -0.25) is 4.99 Å². The molecule has 1 aliphatic rings. The number of para-hydroxylation sites is 1. The number of hydrogen-bond donors (Lipinski definition) is 0. The summed E-state index contributed by atoms with van der Waals surface area (Å²) in [5, 5.41) is 0. The van der Waals surface area contributed by atoms with Crippen molar-refractivity contribution in [3.8, 4) is 0 Å². The zero-order valence-electron chi connectivity index (χ0n) is 10.9. The predicted octanol–water partition coefficient (Wildman–Crippen LogP) is 5.16. The van der Waals surface area contributed by atoms with E-state index in [1.807, 2.05) is 30.3 Å². The predicted molar refractivity (Wildman–Crippen MR) is 89.3 cm³/mol. The number of nitrogens with zero attached hydrogens (tertiary/aromatic N) is 2. The molecule has 2 aromatic rings. The van der Waals surface area contributed by atoms with Gasteiger partial charge >= 0.3 is 0 Å². The number of benzene rings is 1. The lowest BCUT2D eigenvalue weighted by molar-refractivity contribution is 0.549. The first-order chi connectivity index (χ1) is 9.74. The second kappa shape index (κ2) is 6.14. The van der Waals surface area contributed by atoms with Crippen LogP contribution < -0.4 is 4.90 Å². The van der Waals surface area contributed by atoms with Crippen molar-refractivity contribution in [3.63, 3.8) is 0 Å². The van der Waals surface area contributed by atoms with E-state index in [9.17, 15) is 0 Å². The third kappa shape index (κ3) is 2.99. The fourth-order valence-electron chi connectivity index (χ4n) is 2.27. The van der Waals surface area contributed by atoms with Crippen LogP contribution in [0, 0.1) is 0 Å². The lowest BCUT2D eigenvalue weighted by Gasteiger charge is -2.13. The Balaban J connectivity index is 1.81. The molecule has 0 unspecified atom stereocenters. The molecule has 1 aromatic carbocycles. The van der Waals surface area contributed by atoms with Crippen LogP contribution in [0.3, 0.4) is 0 Å². The Morgan fingerprint density at radius 3 is 2.60 bits per heavy atom. The highest BCUT2D eigenvalue weighted by atomic mass is 79.9. The lowest BCUT2D eigenvalue weighted by atomic mass is 10.3. The Morgan fingerprint density at radius 1 is 1.10 bits per heavy atom. The lowest BCUT2D eigenvalue weighted by Crippen LogP contribution is -2.17. The Morgan fingerprint density at radius 2 is 1.85 bits per heavy atom. The zero-order valence-corrected chi connectivity index (χ0v) is 14.0. The molecule has 0 spiro atoms. The van der Waals surface area contributed by atoms with Crippen molar-refractivity contribution in [3.05, 3.63) is 45.0 Å². The van der Waals surface area contributed by atoms with Crippen LogP contribution in [0.2, 0.25) is 0 Å². The minimum atomic E-state index is 0.759. The van der Waals surface area contributed by atoms with Crippen molar-refractivity contribution >= 4 is 49.6 Å². The average Bonchev–Trinajstić information content (AvgIpc) is 3.07. The normalized spacial score (nSPS) is 15.4. The number of rotatable bonds is 3. The Kier molecular flexibility index (Phi) is 4.27. The van der Waals surface area contributed by atoms with Crippen molar-refractivity contribution in [1.82, 2.24) is 0 Å². The van der Waals surface area contributed by atoms with Crippen LogP contribution in [0.1, 0.15) is 18.6 Å². The largest absolute Gasteiger partial charge is 0.438 e. The van der Waals surface area contributed by atoms with E-state index in [4.69, 9.17) is 4.42 Å². The first-order valence-corrected chi connectivity index (χ1v) is 8.15. The van der Waals surface area contributed by atoms with Gasteiger partial charge < -0.3 is 9.32 Å². The summed E-state index contributed by atoms with van der Waals surface area (Å²) in [6, 6.07) is 9.83. The highest BCUT2D eigenvalue weighted by Gasteiger charge is 2.19. The van der Waals surface area contributed by atoms with Gasteiger partial charge in [0, 0.05) is 23.6 Å². The van der Waals surface area contributed by atoms with Crippen LogP contribution in [0.5, 0.6) is 0 Å². The van der Waals surface area contributed by atoms with E-state index in [1.54, 1.807) is 6.21 Å². The van der Waals surface area contributed by atoms with Crippen LogP contribution in [0.15, 0.2) is 48.7 Å². The van der Waals surface area contributed by atoms with Crippen LogP contribution in [0.4, 0.5) is 11.6 Å². The third-order valence-corrected chi connectivity index (χ3v) is 4.50. The summed E-state index contributed by atoms with van der Waals surface area (Å²) in [6.07, 6.45) is 4.21. The molecular weight excluding hydrogens is 384 g/mol. The van der Waals surface area contributed by atoms with E-state index in [0.717, 1.165) is 39.4 Å². The molecule has 0 saturated carbocycles. The quantitative estimate of drug-likeness (QED) is 0.669. The molecule has 3 rings (SSSR count). The number of anilines is 1. The highest BCUT2D eigenvalue weighted by Crippen LogP contribution is 2.32. The molecule has 1 fully saturated rings. The zero-order chi connectivity index (χ0) is 13.9. The minimum Gasteiger partial charge on any atom is -0.438 e.